The molecule has 0 fully saturated rings. The lowest BCUT2D eigenvalue weighted by atomic mass is 10.3. The molecule has 1 aromatic rings. The monoisotopic (exact) mass is 381 g/mol. The van der Waals surface area contributed by atoms with E-state index in [2.05, 4.69) is 0 Å². The lowest BCUT2D eigenvalue weighted by Crippen LogP contribution is -2.37. The molecular weight excluding hydrogens is 350 g/mol. The standard InChI is InChI=1S/C20H31NO6/c1-4-24-15-7-13-21(14-12-20(23)26-6-3)19(22)16-27-18-10-8-17(9-11-18)25-5-2/h8-11H,4-7,12-16H2,1-3H3. The highest BCUT2D eigenvalue weighted by atomic mass is 16.5. The fraction of sp³-hybridized carbons (Fsp3) is 0.600. The molecule has 0 saturated heterocycles. The molecule has 27 heavy (non-hydrogen) atoms. The van der Waals surface area contributed by atoms with E-state index in [0.717, 1.165) is 5.75 Å². The van der Waals surface area contributed by atoms with Gasteiger partial charge in [0.15, 0.2) is 6.61 Å². The minimum atomic E-state index is -0.312. The van der Waals surface area contributed by atoms with E-state index in [1.54, 1.807) is 36.1 Å². The number of nitrogens with zero attached hydrogens (tertiary/aromatic N) is 1. The lowest BCUT2D eigenvalue weighted by molar-refractivity contribution is -0.144. The molecule has 0 aliphatic rings. The van der Waals surface area contributed by atoms with Crippen molar-refractivity contribution in [3.8, 4) is 11.5 Å². The van der Waals surface area contributed by atoms with E-state index in [1.165, 1.54) is 0 Å². The smallest absolute Gasteiger partial charge is 0.307 e. The van der Waals surface area contributed by atoms with Gasteiger partial charge in [-0.2, -0.15) is 0 Å². The summed E-state index contributed by atoms with van der Waals surface area (Å²) >= 11 is 0. The maximum absolute atomic E-state index is 12.5. The van der Waals surface area contributed by atoms with Gasteiger partial charge in [-0.25, -0.2) is 0 Å². The highest BCUT2D eigenvalue weighted by molar-refractivity contribution is 5.78. The fourth-order valence-electron chi connectivity index (χ4n) is 2.36. The molecule has 152 valence electrons. The summed E-state index contributed by atoms with van der Waals surface area (Å²) in [4.78, 5) is 25.7. The average Bonchev–Trinajstić information content (AvgIpc) is 2.67. The van der Waals surface area contributed by atoms with Gasteiger partial charge >= 0.3 is 5.97 Å². The van der Waals surface area contributed by atoms with Crippen molar-refractivity contribution in [1.82, 2.24) is 4.90 Å². The van der Waals surface area contributed by atoms with Gasteiger partial charge in [0.25, 0.3) is 5.91 Å². The Kier molecular flexibility index (Phi) is 11.7. The van der Waals surface area contributed by atoms with Gasteiger partial charge in [0.2, 0.25) is 0 Å². The van der Waals surface area contributed by atoms with Gasteiger partial charge in [-0.3, -0.25) is 9.59 Å². The maximum atomic E-state index is 12.5. The van der Waals surface area contributed by atoms with E-state index in [0.29, 0.717) is 51.7 Å². The second-order valence-corrected chi connectivity index (χ2v) is 5.68. The first-order valence-corrected chi connectivity index (χ1v) is 9.47. The average molecular weight is 381 g/mol. The van der Waals surface area contributed by atoms with Gasteiger partial charge < -0.3 is 23.8 Å². The molecular formula is C20H31NO6. The summed E-state index contributed by atoms with van der Waals surface area (Å²) in [5.41, 5.74) is 0. The molecule has 0 bridgehead atoms. The van der Waals surface area contributed by atoms with Crippen molar-refractivity contribution in [3.63, 3.8) is 0 Å². The van der Waals surface area contributed by atoms with Gasteiger partial charge in [-0.15, -0.1) is 0 Å². The van der Waals surface area contributed by atoms with Crippen LogP contribution in [0.4, 0.5) is 0 Å². The second-order valence-electron chi connectivity index (χ2n) is 5.68. The minimum Gasteiger partial charge on any atom is -0.494 e. The summed E-state index contributed by atoms with van der Waals surface area (Å²) in [6.45, 7) is 8.44. The number of hydrogen-bond donors (Lipinski definition) is 0. The van der Waals surface area contributed by atoms with Gasteiger partial charge in [-0.1, -0.05) is 0 Å². The predicted octanol–water partition coefficient (Wildman–Crippen LogP) is 2.67. The molecule has 0 heterocycles. The molecule has 0 aromatic heterocycles. The Morgan fingerprint density at radius 3 is 2.15 bits per heavy atom. The molecule has 0 radical (unpaired) electrons. The number of carbonyl (C=O) groups is 2. The zero-order valence-corrected chi connectivity index (χ0v) is 16.6. The summed E-state index contributed by atoms with van der Waals surface area (Å²) in [7, 11) is 0. The van der Waals surface area contributed by atoms with Gasteiger partial charge in [0.05, 0.1) is 19.6 Å². The topological polar surface area (TPSA) is 74.3 Å². The Labute approximate surface area is 161 Å². The van der Waals surface area contributed by atoms with E-state index >= 15 is 0 Å². The van der Waals surface area contributed by atoms with Crippen molar-refractivity contribution in [2.75, 3.05) is 46.1 Å². The largest absolute Gasteiger partial charge is 0.494 e. The zero-order chi connectivity index (χ0) is 19.9. The molecule has 1 rings (SSSR count). The van der Waals surface area contributed by atoms with E-state index in [4.69, 9.17) is 18.9 Å². The van der Waals surface area contributed by atoms with Crippen LogP contribution in [-0.4, -0.2) is 62.9 Å². The third kappa shape index (κ3) is 9.84. The van der Waals surface area contributed by atoms with Crippen molar-refractivity contribution in [3.05, 3.63) is 24.3 Å². The van der Waals surface area contributed by atoms with Crippen molar-refractivity contribution < 1.29 is 28.5 Å². The maximum Gasteiger partial charge on any atom is 0.307 e. The third-order valence-electron chi connectivity index (χ3n) is 3.66. The summed E-state index contributed by atoms with van der Waals surface area (Å²) in [5.74, 6) is 0.854. The molecule has 0 atom stereocenters. The van der Waals surface area contributed by atoms with Gasteiger partial charge in [0.1, 0.15) is 11.5 Å². The highest BCUT2D eigenvalue weighted by Crippen LogP contribution is 2.17. The quantitative estimate of drug-likeness (QED) is 0.364. The van der Waals surface area contributed by atoms with Crippen molar-refractivity contribution in [2.24, 2.45) is 0 Å². The van der Waals surface area contributed by atoms with E-state index in [-0.39, 0.29) is 24.9 Å². The first-order chi connectivity index (χ1) is 13.1. The Morgan fingerprint density at radius 1 is 0.889 bits per heavy atom. The van der Waals surface area contributed by atoms with Crippen molar-refractivity contribution in [1.29, 1.82) is 0 Å². The number of hydrogen-bond acceptors (Lipinski definition) is 6. The number of amides is 1. The SMILES string of the molecule is CCOCCCN(CCC(=O)OCC)C(=O)COc1ccc(OCC)cc1. The summed E-state index contributed by atoms with van der Waals surface area (Å²) < 4.78 is 21.2. The first kappa shape index (κ1) is 22.8. The van der Waals surface area contributed by atoms with Crippen LogP contribution in [-0.2, 0) is 19.1 Å². The predicted molar refractivity (Wildman–Crippen MR) is 102 cm³/mol. The van der Waals surface area contributed by atoms with E-state index < -0.39 is 0 Å². The highest BCUT2D eigenvalue weighted by Gasteiger charge is 2.16. The minimum absolute atomic E-state index is 0.0918. The van der Waals surface area contributed by atoms with Crippen LogP contribution in [0.3, 0.4) is 0 Å². The molecule has 0 saturated carbocycles. The van der Waals surface area contributed by atoms with Crippen molar-refractivity contribution in [2.45, 2.75) is 33.6 Å². The molecule has 0 aliphatic carbocycles. The van der Waals surface area contributed by atoms with Crippen LogP contribution in [0.2, 0.25) is 0 Å². The molecule has 0 aliphatic heterocycles. The van der Waals surface area contributed by atoms with E-state index in [9.17, 15) is 9.59 Å². The Morgan fingerprint density at radius 2 is 1.56 bits per heavy atom. The van der Waals surface area contributed by atoms with E-state index in [1.807, 2.05) is 13.8 Å². The molecule has 0 spiro atoms. The Bertz CT molecular complexity index is 546. The van der Waals surface area contributed by atoms with Gasteiger partial charge in [-0.05, 0) is 51.5 Å². The number of carbonyl (C=O) groups excluding carboxylic acids is 2. The number of benzene rings is 1. The molecule has 7 nitrogen and oxygen atoms in total. The van der Waals surface area contributed by atoms with Crippen LogP contribution in [0.1, 0.15) is 33.6 Å². The Hall–Kier alpha value is -2.28. The van der Waals surface area contributed by atoms with Crippen LogP contribution < -0.4 is 9.47 Å². The lowest BCUT2D eigenvalue weighted by Gasteiger charge is -2.22. The van der Waals surface area contributed by atoms with Gasteiger partial charge in [0, 0.05) is 26.3 Å². The van der Waals surface area contributed by atoms with Crippen LogP contribution in [0.5, 0.6) is 11.5 Å². The number of rotatable bonds is 14. The van der Waals surface area contributed by atoms with Crippen LogP contribution in [0, 0.1) is 0 Å². The molecule has 1 aromatic carbocycles. The summed E-state index contributed by atoms with van der Waals surface area (Å²) in [6, 6.07) is 7.11. The van der Waals surface area contributed by atoms with Crippen molar-refractivity contribution >= 4 is 11.9 Å². The van der Waals surface area contributed by atoms with Crippen LogP contribution in [0.25, 0.3) is 0 Å². The normalized spacial score (nSPS) is 10.3. The fourth-order valence-corrected chi connectivity index (χ4v) is 2.36. The second kappa shape index (κ2) is 13.9. The number of ether oxygens (including phenoxy) is 4. The molecule has 0 unspecified atom stereocenters. The summed E-state index contributed by atoms with van der Waals surface area (Å²) in [6.07, 6.45) is 0.864. The number of esters is 1. The van der Waals surface area contributed by atoms with Crippen LogP contribution >= 0.6 is 0 Å². The molecule has 0 N–H and O–H groups in total. The third-order valence-corrected chi connectivity index (χ3v) is 3.66. The first-order valence-electron chi connectivity index (χ1n) is 9.47. The summed E-state index contributed by atoms with van der Waals surface area (Å²) in [5, 5.41) is 0. The molecule has 7 heteroatoms. The zero-order valence-electron chi connectivity index (χ0n) is 16.6. The Balaban J connectivity index is 2.52. The molecule has 1 amide bonds. The van der Waals surface area contributed by atoms with Crippen LogP contribution in [0.15, 0.2) is 24.3 Å².